The van der Waals surface area contributed by atoms with Gasteiger partial charge >= 0.3 is 5.97 Å². The minimum absolute atomic E-state index is 0.220. The zero-order chi connectivity index (χ0) is 19.6. The summed E-state index contributed by atoms with van der Waals surface area (Å²) in [6.07, 6.45) is 3.25. The van der Waals surface area contributed by atoms with Gasteiger partial charge in [0.05, 0.1) is 12.7 Å². The molecule has 0 aliphatic heterocycles. The maximum absolute atomic E-state index is 12.1. The van der Waals surface area contributed by atoms with E-state index in [0.29, 0.717) is 28.4 Å². The molecule has 0 radical (unpaired) electrons. The second-order valence-electron chi connectivity index (χ2n) is 5.62. The molecule has 3 rings (SSSR count). The zero-order valence-corrected chi connectivity index (χ0v) is 14.6. The predicted octanol–water partition coefficient (Wildman–Crippen LogP) is 2.31. The number of ether oxygens (including phenoxy) is 1. The van der Waals surface area contributed by atoms with Crippen LogP contribution in [0.25, 0.3) is 17.1 Å². The smallest absolute Gasteiger partial charge is 0.339 e. The van der Waals surface area contributed by atoms with Gasteiger partial charge in [0, 0.05) is 30.7 Å². The Morgan fingerprint density at radius 1 is 1.15 bits per heavy atom. The highest BCUT2D eigenvalue weighted by molar-refractivity contribution is 5.97. The van der Waals surface area contributed by atoms with Crippen LogP contribution in [0.1, 0.15) is 20.7 Å². The summed E-state index contributed by atoms with van der Waals surface area (Å²) >= 11 is 0. The van der Waals surface area contributed by atoms with Crippen LogP contribution in [0.15, 0.2) is 48.8 Å². The van der Waals surface area contributed by atoms with E-state index in [1.54, 1.807) is 41.2 Å². The summed E-state index contributed by atoms with van der Waals surface area (Å²) in [6.45, 7) is 0. The number of methoxy groups -OCH3 is 1. The molecule has 138 valence electrons. The Morgan fingerprint density at radius 3 is 2.59 bits per heavy atom. The Balaban J connectivity index is 2.12. The molecule has 0 unspecified atom stereocenters. The average Bonchev–Trinajstić information content (AvgIpc) is 3.16. The Bertz CT molecular complexity index is 1030. The quantitative estimate of drug-likeness (QED) is 0.638. The molecule has 0 saturated heterocycles. The first kappa shape index (κ1) is 18.0. The van der Waals surface area contributed by atoms with Crippen molar-refractivity contribution in [3.63, 3.8) is 0 Å². The summed E-state index contributed by atoms with van der Waals surface area (Å²) in [6, 6.07) is 9.31. The van der Waals surface area contributed by atoms with Gasteiger partial charge in [0.15, 0.2) is 0 Å². The second-order valence-corrected chi connectivity index (χ2v) is 5.62. The van der Waals surface area contributed by atoms with Crippen molar-refractivity contribution >= 4 is 11.9 Å². The summed E-state index contributed by atoms with van der Waals surface area (Å²) < 4.78 is 6.94. The minimum atomic E-state index is -1.24. The highest BCUT2D eigenvalue weighted by Crippen LogP contribution is 2.28. The summed E-state index contributed by atoms with van der Waals surface area (Å²) in [5.74, 6) is -0.967. The molecule has 0 fully saturated rings. The summed E-state index contributed by atoms with van der Waals surface area (Å²) in [5, 5.41) is 21.5. The van der Waals surface area contributed by atoms with Gasteiger partial charge in [-0.15, -0.1) is 0 Å². The number of carboxylic acids is 1. The van der Waals surface area contributed by atoms with Gasteiger partial charge in [-0.1, -0.05) is 0 Å². The lowest BCUT2D eigenvalue weighted by Crippen LogP contribution is -2.19. The third-order valence-electron chi connectivity index (χ3n) is 4.06. The van der Waals surface area contributed by atoms with E-state index >= 15 is 0 Å². The van der Waals surface area contributed by atoms with E-state index in [1.165, 1.54) is 26.3 Å². The third-order valence-corrected chi connectivity index (χ3v) is 4.06. The molecule has 0 spiro atoms. The molecule has 8 nitrogen and oxygen atoms in total. The van der Waals surface area contributed by atoms with E-state index in [1.807, 2.05) is 0 Å². The average molecular weight is 367 g/mol. The first-order valence-corrected chi connectivity index (χ1v) is 7.96. The van der Waals surface area contributed by atoms with Crippen molar-refractivity contribution in [2.75, 3.05) is 14.2 Å². The number of hydrogen-bond acceptors (Lipinski definition) is 5. The number of nitrogens with zero attached hydrogens (tertiary/aromatic N) is 2. The summed E-state index contributed by atoms with van der Waals surface area (Å²) in [7, 11) is 3.01. The van der Waals surface area contributed by atoms with Crippen molar-refractivity contribution in [2.24, 2.45) is 0 Å². The first-order valence-electron chi connectivity index (χ1n) is 7.96. The molecule has 3 aromatic rings. The van der Waals surface area contributed by atoms with E-state index < -0.39 is 5.97 Å². The largest absolute Gasteiger partial charge is 0.507 e. The van der Waals surface area contributed by atoms with Gasteiger partial charge in [0.1, 0.15) is 22.9 Å². The van der Waals surface area contributed by atoms with Gasteiger partial charge in [-0.25, -0.2) is 9.78 Å². The fourth-order valence-corrected chi connectivity index (χ4v) is 2.73. The first-order chi connectivity index (χ1) is 13.0. The van der Waals surface area contributed by atoms with E-state index in [-0.39, 0.29) is 17.2 Å². The van der Waals surface area contributed by atoms with Gasteiger partial charge in [-0.2, -0.15) is 0 Å². The number of imidazole rings is 1. The number of amides is 1. The van der Waals surface area contributed by atoms with E-state index in [4.69, 9.17) is 4.74 Å². The molecule has 0 bridgehead atoms. The molecule has 1 amide bonds. The van der Waals surface area contributed by atoms with Crippen LogP contribution in [0.4, 0.5) is 0 Å². The molecule has 8 heteroatoms. The van der Waals surface area contributed by atoms with Gasteiger partial charge < -0.3 is 20.3 Å². The Labute approximate surface area is 154 Å². The molecule has 27 heavy (non-hydrogen) atoms. The molecule has 0 aliphatic carbocycles. The number of benzene rings is 2. The van der Waals surface area contributed by atoms with Gasteiger partial charge in [-0.3, -0.25) is 9.36 Å². The number of aromatic carboxylic acids is 1. The lowest BCUT2D eigenvalue weighted by atomic mass is 10.1. The van der Waals surface area contributed by atoms with E-state index in [0.717, 1.165) is 0 Å². The molecule has 0 aliphatic rings. The number of phenols is 1. The number of carboxylic acid groups (broad SMARTS) is 1. The number of aromatic hydroxyl groups is 1. The number of carbonyl (C=O) groups excluding carboxylic acids is 1. The fourth-order valence-electron chi connectivity index (χ4n) is 2.73. The minimum Gasteiger partial charge on any atom is -0.507 e. The molecule has 2 aromatic carbocycles. The lowest BCUT2D eigenvalue weighted by molar-refractivity contribution is 0.0693. The van der Waals surface area contributed by atoms with E-state index in [9.17, 15) is 19.8 Å². The molecule has 1 heterocycles. The maximum Gasteiger partial charge on any atom is 0.339 e. The SMILES string of the molecule is CNC(=O)c1cc(-n2ccnc2-c2ccc(O)c(C(=O)O)c2)ccc1OC. The standard InChI is InChI=1S/C19H17N3O5/c1-20-18(24)14-10-12(4-6-16(14)27-2)22-8-7-21-17(22)11-3-5-15(23)13(9-11)19(25)26/h3-10,23H,1-2H3,(H,20,24)(H,25,26). The fraction of sp³-hybridized carbons (Fsp3) is 0.105. The number of hydrogen-bond donors (Lipinski definition) is 3. The summed E-state index contributed by atoms with van der Waals surface area (Å²) in [4.78, 5) is 27.7. The highest BCUT2D eigenvalue weighted by atomic mass is 16.5. The van der Waals surface area contributed by atoms with Crippen molar-refractivity contribution in [1.82, 2.24) is 14.9 Å². The van der Waals surface area contributed by atoms with Crippen LogP contribution in [0.5, 0.6) is 11.5 Å². The topological polar surface area (TPSA) is 114 Å². The zero-order valence-electron chi connectivity index (χ0n) is 14.6. The van der Waals surface area contributed by atoms with Crippen molar-refractivity contribution in [1.29, 1.82) is 0 Å². The number of aromatic nitrogens is 2. The van der Waals surface area contributed by atoms with Crippen molar-refractivity contribution in [3.8, 4) is 28.6 Å². The van der Waals surface area contributed by atoms with Crippen LogP contribution in [0.3, 0.4) is 0 Å². The number of rotatable bonds is 5. The van der Waals surface area contributed by atoms with Gasteiger partial charge in [0.2, 0.25) is 0 Å². The van der Waals surface area contributed by atoms with Crippen molar-refractivity contribution < 1.29 is 24.5 Å². The molecule has 0 atom stereocenters. The van der Waals surface area contributed by atoms with Crippen LogP contribution >= 0.6 is 0 Å². The monoisotopic (exact) mass is 367 g/mol. The third kappa shape index (κ3) is 3.32. The Hall–Kier alpha value is -3.81. The molecule has 1 aromatic heterocycles. The van der Waals surface area contributed by atoms with Gasteiger partial charge in [-0.05, 0) is 36.4 Å². The van der Waals surface area contributed by atoms with Crippen LogP contribution in [-0.4, -0.2) is 45.8 Å². The predicted molar refractivity (Wildman–Crippen MR) is 97.6 cm³/mol. The number of nitrogens with one attached hydrogen (secondary N) is 1. The lowest BCUT2D eigenvalue weighted by Gasteiger charge is -2.13. The molecular weight excluding hydrogens is 350 g/mol. The Kier molecular flexibility index (Phi) is 4.80. The highest BCUT2D eigenvalue weighted by Gasteiger charge is 2.17. The van der Waals surface area contributed by atoms with Crippen LogP contribution in [-0.2, 0) is 0 Å². The van der Waals surface area contributed by atoms with Crippen LogP contribution in [0, 0.1) is 0 Å². The molecular formula is C19H17N3O5. The van der Waals surface area contributed by atoms with Crippen molar-refractivity contribution in [3.05, 3.63) is 59.9 Å². The van der Waals surface area contributed by atoms with Gasteiger partial charge in [0.25, 0.3) is 5.91 Å². The van der Waals surface area contributed by atoms with Crippen LogP contribution in [0.2, 0.25) is 0 Å². The molecule has 0 saturated carbocycles. The normalized spacial score (nSPS) is 10.4. The summed E-state index contributed by atoms with van der Waals surface area (Å²) in [5.41, 5.74) is 1.29. The number of carbonyl (C=O) groups is 2. The maximum atomic E-state index is 12.1. The molecule has 3 N–H and O–H groups in total. The Morgan fingerprint density at radius 2 is 1.93 bits per heavy atom. The van der Waals surface area contributed by atoms with Crippen molar-refractivity contribution in [2.45, 2.75) is 0 Å². The van der Waals surface area contributed by atoms with E-state index in [2.05, 4.69) is 10.3 Å². The van der Waals surface area contributed by atoms with Crippen LogP contribution < -0.4 is 10.1 Å². The second kappa shape index (κ2) is 7.20.